The summed E-state index contributed by atoms with van der Waals surface area (Å²) in [5.74, 6) is -0.130. The number of carbonyl (C=O) groups excluding carboxylic acids is 3. The van der Waals surface area contributed by atoms with E-state index in [1.807, 2.05) is 19.1 Å². The molecule has 0 radical (unpaired) electrons. The summed E-state index contributed by atoms with van der Waals surface area (Å²) >= 11 is 4.24. The number of ether oxygens (including phenoxy) is 2. The summed E-state index contributed by atoms with van der Waals surface area (Å²) in [6.45, 7) is 2.27. The molecular weight excluding hydrogens is 450 g/mol. The molecule has 2 aromatic rings. The number of furan rings is 1. The predicted octanol–water partition coefficient (Wildman–Crippen LogP) is 4.46. The number of imide groups is 1. The third kappa shape index (κ3) is 4.31. The maximum absolute atomic E-state index is 12.7. The third-order valence-electron chi connectivity index (χ3n) is 3.79. The molecule has 0 N–H and O–H groups in total. The molecule has 7 nitrogen and oxygen atoms in total. The summed E-state index contributed by atoms with van der Waals surface area (Å²) in [5.41, 5.74) is 0.688. The van der Waals surface area contributed by atoms with E-state index < -0.39 is 17.1 Å². The normalized spacial score (nSPS) is 15.4. The van der Waals surface area contributed by atoms with Gasteiger partial charge in [-0.1, -0.05) is 15.9 Å². The van der Waals surface area contributed by atoms with Crippen LogP contribution in [0.1, 0.15) is 28.8 Å². The average molecular weight is 466 g/mol. The molecule has 1 aliphatic heterocycles. The molecule has 3 rings (SSSR count). The number of hydrogen-bond donors (Lipinski definition) is 0. The number of halogens is 1. The third-order valence-corrected chi connectivity index (χ3v) is 5.19. The Balaban J connectivity index is 1.82. The van der Waals surface area contributed by atoms with Gasteiger partial charge in [-0.05, 0) is 55.1 Å². The highest BCUT2D eigenvalue weighted by Gasteiger charge is 2.36. The Morgan fingerprint density at radius 3 is 2.79 bits per heavy atom. The van der Waals surface area contributed by atoms with Crippen molar-refractivity contribution < 1.29 is 28.3 Å². The lowest BCUT2D eigenvalue weighted by molar-refractivity contribution is -0.123. The summed E-state index contributed by atoms with van der Waals surface area (Å²) in [5, 5.41) is -0.416. The number of benzene rings is 1. The Hall–Kier alpha value is -2.52. The number of rotatable bonds is 6. The zero-order valence-corrected chi connectivity index (χ0v) is 17.5. The number of amides is 2. The Bertz CT molecular complexity index is 967. The molecule has 9 heteroatoms. The first-order valence-corrected chi connectivity index (χ1v) is 9.88. The molecule has 1 aliphatic rings. The second kappa shape index (κ2) is 8.66. The highest BCUT2D eigenvalue weighted by Crippen LogP contribution is 2.35. The Kier molecular flexibility index (Phi) is 6.25. The quantitative estimate of drug-likeness (QED) is 0.459. The molecule has 0 spiro atoms. The first-order chi connectivity index (χ1) is 13.4. The molecule has 0 aliphatic carbocycles. The van der Waals surface area contributed by atoms with E-state index in [0.717, 1.165) is 21.1 Å². The number of hydrogen-bond acceptors (Lipinski definition) is 7. The van der Waals surface area contributed by atoms with Crippen LogP contribution in [0.2, 0.25) is 0 Å². The van der Waals surface area contributed by atoms with E-state index >= 15 is 0 Å². The van der Waals surface area contributed by atoms with E-state index in [0.29, 0.717) is 23.7 Å². The Labute approximate surface area is 173 Å². The van der Waals surface area contributed by atoms with Gasteiger partial charge < -0.3 is 13.9 Å². The van der Waals surface area contributed by atoms with Crippen molar-refractivity contribution in [2.24, 2.45) is 0 Å². The second-order valence-electron chi connectivity index (χ2n) is 5.64. The maximum Gasteiger partial charge on any atom is 0.373 e. The lowest BCUT2D eigenvalue weighted by Gasteiger charge is -2.10. The molecule has 1 saturated heterocycles. The molecule has 0 atom stereocenters. The first-order valence-electron chi connectivity index (χ1n) is 8.27. The molecule has 28 heavy (non-hydrogen) atoms. The molecule has 2 heterocycles. The first kappa shape index (κ1) is 20.2. The van der Waals surface area contributed by atoms with Crippen molar-refractivity contribution >= 4 is 50.9 Å². The van der Waals surface area contributed by atoms with Crippen molar-refractivity contribution in [1.82, 2.24) is 4.90 Å². The van der Waals surface area contributed by atoms with Gasteiger partial charge in [-0.25, -0.2) is 4.79 Å². The SMILES string of the molecule is CCOc1ccc(Br)cc1C=C1SC(=O)N(Cc2ccc(C(=O)OC)o2)C1=O. The van der Waals surface area contributed by atoms with Crippen LogP contribution in [0.25, 0.3) is 6.08 Å². The fraction of sp³-hybridized carbons (Fsp3) is 0.211. The molecule has 0 unspecified atom stereocenters. The molecule has 0 bridgehead atoms. The van der Waals surface area contributed by atoms with Crippen LogP contribution in [0.5, 0.6) is 5.75 Å². The van der Waals surface area contributed by atoms with E-state index in [9.17, 15) is 14.4 Å². The fourth-order valence-electron chi connectivity index (χ4n) is 2.53. The minimum atomic E-state index is -0.626. The summed E-state index contributed by atoms with van der Waals surface area (Å²) in [6, 6.07) is 8.41. The number of thioether (sulfide) groups is 1. The molecule has 0 saturated carbocycles. The van der Waals surface area contributed by atoms with Crippen LogP contribution < -0.4 is 4.74 Å². The number of nitrogens with zero attached hydrogens (tertiary/aromatic N) is 1. The molecule has 1 aromatic heterocycles. The summed E-state index contributed by atoms with van der Waals surface area (Å²) in [6.07, 6.45) is 1.63. The van der Waals surface area contributed by atoms with E-state index in [4.69, 9.17) is 9.15 Å². The summed E-state index contributed by atoms with van der Waals surface area (Å²) in [7, 11) is 1.24. The Morgan fingerprint density at radius 2 is 2.07 bits per heavy atom. The predicted molar refractivity (Wildman–Crippen MR) is 107 cm³/mol. The molecule has 146 valence electrons. The zero-order valence-electron chi connectivity index (χ0n) is 15.1. The van der Waals surface area contributed by atoms with Gasteiger partial charge in [0.05, 0.1) is 25.2 Å². The highest BCUT2D eigenvalue weighted by atomic mass is 79.9. The fourth-order valence-corrected chi connectivity index (χ4v) is 3.73. The topological polar surface area (TPSA) is 86.1 Å². The molecule has 1 aromatic carbocycles. The van der Waals surface area contributed by atoms with Gasteiger partial charge in [0.15, 0.2) is 0 Å². The van der Waals surface area contributed by atoms with E-state index in [-0.39, 0.29) is 17.2 Å². The number of esters is 1. The van der Waals surface area contributed by atoms with Crippen molar-refractivity contribution in [2.45, 2.75) is 13.5 Å². The van der Waals surface area contributed by atoms with E-state index in [2.05, 4.69) is 20.7 Å². The van der Waals surface area contributed by atoms with Crippen molar-refractivity contribution in [3.8, 4) is 5.75 Å². The van der Waals surface area contributed by atoms with Gasteiger partial charge in [0.25, 0.3) is 11.1 Å². The van der Waals surface area contributed by atoms with Gasteiger partial charge in [0.2, 0.25) is 5.76 Å². The van der Waals surface area contributed by atoms with Gasteiger partial charge in [0, 0.05) is 10.0 Å². The van der Waals surface area contributed by atoms with Crippen LogP contribution >= 0.6 is 27.7 Å². The second-order valence-corrected chi connectivity index (χ2v) is 7.55. The standard InChI is InChI=1S/C19H16BrNO6S/c1-3-26-14-6-4-12(20)8-11(14)9-16-17(22)21(19(24)28-16)10-13-5-7-15(27-13)18(23)25-2/h4-9H,3,10H2,1-2H3. The minimum Gasteiger partial charge on any atom is -0.493 e. The highest BCUT2D eigenvalue weighted by molar-refractivity contribution is 9.10. The molecule has 1 fully saturated rings. The number of methoxy groups -OCH3 is 1. The largest absolute Gasteiger partial charge is 0.493 e. The van der Waals surface area contributed by atoms with Crippen LogP contribution in [-0.2, 0) is 16.1 Å². The van der Waals surface area contributed by atoms with Crippen LogP contribution in [0, 0.1) is 0 Å². The van der Waals surface area contributed by atoms with Crippen molar-refractivity contribution in [3.05, 3.63) is 56.8 Å². The lowest BCUT2D eigenvalue weighted by Crippen LogP contribution is -2.27. The van der Waals surface area contributed by atoms with Gasteiger partial charge in [-0.3, -0.25) is 14.5 Å². The monoisotopic (exact) mass is 465 g/mol. The van der Waals surface area contributed by atoms with Gasteiger partial charge >= 0.3 is 5.97 Å². The maximum atomic E-state index is 12.7. The van der Waals surface area contributed by atoms with Gasteiger partial charge in [0.1, 0.15) is 11.5 Å². The van der Waals surface area contributed by atoms with E-state index in [1.54, 1.807) is 12.1 Å². The zero-order chi connectivity index (χ0) is 20.3. The van der Waals surface area contributed by atoms with Crippen LogP contribution in [-0.4, -0.2) is 35.7 Å². The minimum absolute atomic E-state index is 0.00973. The van der Waals surface area contributed by atoms with Crippen LogP contribution in [0.4, 0.5) is 4.79 Å². The van der Waals surface area contributed by atoms with Crippen molar-refractivity contribution in [2.75, 3.05) is 13.7 Å². The molecular formula is C19H16BrNO6S. The van der Waals surface area contributed by atoms with Crippen molar-refractivity contribution in [3.63, 3.8) is 0 Å². The number of carbonyl (C=O) groups is 3. The van der Waals surface area contributed by atoms with Gasteiger partial charge in [-0.15, -0.1) is 0 Å². The lowest BCUT2D eigenvalue weighted by atomic mass is 10.2. The Morgan fingerprint density at radius 1 is 1.29 bits per heavy atom. The van der Waals surface area contributed by atoms with Crippen molar-refractivity contribution in [1.29, 1.82) is 0 Å². The van der Waals surface area contributed by atoms with Crippen LogP contribution in [0.3, 0.4) is 0 Å². The van der Waals surface area contributed by atoms with Gasteiger partial charge in [-0.2, -0.15) is 0 Å². The average Bonchev–Trinajstić information content (AvgIpc) is 3.24. The van der Waals surface area contributed by atoms with E-state index in [1.165, 1.54) is 19.2 Å². The smallest absolute Gasteiger partial charge is 0.373 e. The molecule has 2 amide bonds. The summed E-state index contributed by atoms with van der Waals surface area (Å²) < 4.78 is 16.3. The summed E-state index contributed by atoms with van der Waals surface area (Å²) in [4.78, 5) is 37.8. The van der Waals surface area contributed by atoms with Crippen LogP contribution in [0.15, 0.2) is 44.1 Å².